The molecule has 2 aromatic rings. The van der Waals surface area contributed by atoms with Gasteiger partial charge in [-0.15, -0.1) is 11.3 Å². The monoisotopic (exact) mass is 262 g/mol. The van der Waals surface area contributed by atoms with E-state index in [0.29, 0.717) is 0 Å². The Balaban J connectivity index is 1.73. The fourth-order valence-corrected chi connectivity index (χ4v) is 3.73. The van der Waals surface area contributed by atoms with Gasteiger partial charge in [0.25, 0.3) is 0 Å². The number of nitrogens with one attached hydrogen (secondary N) is 1. The average Bonchev–Trinajstić information content (AvgIpc) is 3.05. The molecule has 1 N–H and O–H groups in total. The lowest BCUT2D eigenvalue weighted by molar-refractivity contribution is 0.0768. The van der Waals surface area contributed by atoms with Crippen molar-refractivity contribution in [2.24, 2.45) is 0 Å². The summed E-state index contributed by atoms with van der Waals surface area (Å²) in [6.07, 6.45) is 3.80. The van der Waals surface area contributed by atoms with E-state index in [1.807, 2.05) is 17.4 Å². The molecule has 4 nitrogen and oxygen atoms in total. The fraction of sp³-hybridized carbons (Fsp3) is 0.462. The van der Waals surface area contributed by atoms with Gasteiger partial charge < -0.3 is 14.5 Å². The Morgan fingerprint density at radius 2 is 2.39 bits per heavy atom. The van der Waals surface area contributed by atoms with E-state index < -0.39 is 0 Å². The molecule has 1 unspecified atom stereocenters. The van der Waals surface area contributed by atoms with Crippen LogP contribution < -0.4 is 5.32 Å². The van der Waals surface area contributed by atoms with Crippen molar-refractivity contribution in [1.82, 2.24) is 10.3 Å². The van der Waals surface area contributed by atoms with Crippen LogP contribution in [0.15, 0.2) is 16.7 Å². The maximum Gasteiger partial charge on any atom is 0.113 e. The van der Waals surface area contributed by atoms with Crippen LogP contribution in [0.5, 0.6) is 0 Å². The minimum atomic E-state index is 0.254. The Bertz CT molecular complexity index is 569. The second-order valence-electron chi connectivity index (χ2n) is 4.66. The number of rotatable bonds is 1. The van der Waals surface area contributed by atoms with E-state index in [9.17, 15) is 0 Å². The minimum absolute atomic E-state index is 0.254. The molecule has 1 fully saturated rings. The van der Waals surface area contributed by atoms with Gasteiger partial charge >= 0.3 is 0 Å². The summed E-state index contributed by atoms with van der Waals surface area (Å²) in [6.45, 7) is 2.43. The number of aryl methyl sites for hydroxylation is 2. The molecule has 1 aliphatic heterocycles. The maximum atomic E-state index is 5.51. The summed E-state index contributed by atoms with van der Waals surface area (Å²) in [4.78, 5) is 6.18. The van der Waals surface area contributed by atoms with E-state index in [2.05, 4.69) is 5.32 Å². The highest BCUT2D eigenvalue weighted by atomic mass is 32.1. The number of furan rings is 1. The molecule has 0 amide bonds. The second kappa shape index (κ2) is 4.19. The van der Waals surface area contributed by atoms with Crippen molar-refractivity contribution in [3.8, 4) is 11.3 Å². The lowest BCUT2D eigenvalue weighted by Crippen LogP contribution is -2.34. The molecule has 1 saturated heterocycles. The van der Waals surface area contributed by atoms with Gasteiger partial charge in [-0.3, -0.25) is 0 Å². The van der Waals surface area contributed by atoms with Crippen molar-refractivity contribution in [2.75, 3.05) is 19.8 Å². The SMILES string of the molecule is c1cc2c(o1)CCc1sc(C3COCCN3)nc1-2. The van der Waals surface area contributed by atoms with Gasteiger partial charge in [0.15, 0.2) is 0 Å². The third-order valence-corrected chi connectivity index (χ3v) is 4.74. The Morgan fingerprint density at radius 3 is 3.28 bits per heavy atom. The van der Waals surface area contributed by atoms with Gasteiger partial charge in [-0.1, -0.05) is 0 Å². The highest BCUT2D eigenvalue weighted by Crippen LogP contribution is 2.38. The first-order valence-corrected chi connectivity index (χ1v) is 7.11. The predicted molar refractivity (Wildman–Crippen MR) is 68.8 cm³/mol. The van der Waals surface area contributed by atoms with Crippen LogP contribution in [0.1, 0.15) is 21.7 Å². The third kappa shape index (κ3) is 1.62. The van der Waals surface area contributed by atoms with Crippen LogP contribution >= 0.6 is 11.3 Å². The molecule has 2 aliphatic rings. The molecule has 0 saturated carbocycles. The van der Waals surface area contributed by atoms with Gasteiger partial charge in [0.05, 0.1) is 31.2 Å². The quantitative estimate of drug-likeness (QED) is 0.855. The van der Waals surface area contributed by atoms with E-state index in [1.165, 1.54) is 10.4 Å². The number of morpholine rings is 1. The molecule has 0 aromatic carbocycles. The van der Waals surface area contributed by atoms with Crippen molar-refractivity contribution in [3.05, 3.63) is 28.0 Å². The largest absolute Gasteiger partial charge is 0.469 e. The van der Waals surface area contributed by atoms with Crippen LogP contribution in [0.25, 0.3) is 11.3 Å². The Morgan fingerprint density at radius 1 is 1.39 bits per heavy atom. The van der Waals surface area contributed by atoms with Crippen molar-refractivity contribution in [3.63, 3.8) is 0 Å². The van der Waals surface area contributed by atoms with Crippen LogP contribution in [0, 0.1) is 0 Å². The van der Waals surface area contributed by atoms with Crippen LogP contribution in [-0.2, 0) is 17.6 Å². The minimum Gasteiger partial charge on any atom is -0.469 e. The number of hydrogen-bond acceptors (Lipinski definition) is 5. The first-order valence-electron chi connectivity index (χ1n) is 6.29. The normalized spacial score (nSPS) is 22.6. The van der Waals surface area contributed by atoms with Crippen molar-refractivity contribution >= 4 is 11.3 Å². The lowest BCUT2D eigenvalue weighted by atomic mass is 10.0. The standard InChI is InChI=1S/C13H14N2O2S/c1-2-11-12(8-3-5-17-10(1)8)15-13(18-11)9-7-16-6-4-14-9/h3,5,9,14H,1-2,4,6-7H2. The summed E-state index contributed by atoms with van der Waals surface area (Å²) in [7, 11) is 0. The Labute approximate surface area is 109 Å². The van der Waals surface area contributed by atoms with E-state index in [1.54, 1.807) is 6.26 Å². The van der Waals surface area contributed by atoms with Crippen LogP contribution in [-0.4, -0.2) is 24.7 Å². The summed E-state index contributed by atoms with van der Waals surface area (Å²) < 4.78 is 11.0. The molecular formula is C13H14N2O2S. The van der Waals surface area contributed by atoms with Gasteiger partial charge in [-0.25, -0.2) is 4.98 Å². The molecule has 1 atom stereocenters. The van der Waals surface area contributed by atoms with Crippen LogP contribution in [0.3, 0.4) is 0 Å². The third-order valence-electron chi connectivity index (χ3n) is 3.51. The average molecular weight is 262 g/mol. The highest BCUT2D eigenvalue weighted by molar-refractivity contribution is 7.12. The summed E-state index contributed by atoms with van der Waals surface area (Å²) in [6, 6.07) is 2.28. The van der Waals surface area contributed by atoms with Crippen molar-refractivity contribution in [1.29, 1.82) is 0 Å². The van der Waals surface area contributed by atoms with Gasteiger partial charge in [0.2, 0.25) is 0 Å². The molecule has 5 heteroatoms. The summed E-state index contributed by atoms with van der Waals surface area (Å²) in [5, 5.41) is 4.61. The molecule has 0 spiro atoms. The predicted octanol–water partition coefficient (Wildman–Crippen LogP) is 2.16. The number of aromatic nitrogens is 1. The summed E-state index contributed by atoms with van der Waals surface area (Å²) >= 11 is 1.81. The first kappa shape index (κ1) is 10.7. The topological polar surface area (TPSA) is 47.3 Å². The second-order valence-corrected chi connectivity index (χ2v) is 5.78. The highest BCUT2D eigenvalue weighted by Gasteiger charge is 2.26. The molecule has 94 valence electrons. The lowest BCUT2D eigenvalue weighted by Gasteiger charge is -2.21. The molecule has 2 aromatic heterocycles. The van der Waals surface area contributed by atoms with E-state index in [4.69, 9.17) is 14.1 Å². The molecule has 0 bridgehead atoms. The van der Waals surface area contributed by atoms with Crippen LogP contribution in [0.4, 0.5) is 0 Å². The molecule has 4 rings (SSSR count). The Hall–Kier alpha value is -1.17. The van der Waals surface area contributed by atoms with E-state index in [-0.39, 0.29) is 6.04 Å². The zero-order valence-corrected chi connectivity index (χ0v) is 10.8. The maximum absolute atomic E-state index is 5.51. The summed E-state index contributed by atoms with van der Waals surface area (Å²) in [5.74, 6) is 1.08. The van der Waals surface area contributed by atoms with Gasteiger partial charge in [-0.2, -0.15) is 0 Å². The molecule has 1 aliphatic carbocycles. The van der Waals surface area contributed by atoms with Crippen molar-refractivity contribution in [2.45, 2.75) is 18.9 Å². The van der Waals surface area contributed by atoms with Gasteiger partial charge in [0.1, 0.15) is 10.8 Å². The zero-order chi connectivity index (χ0) is 11.9. The molecule has 18 heavy (non-hydrogen) atoms. The number of thiazole rings is 1. The fourth-order valence-electron chi connectivity index (χ4n) is 2.60. The van der Waals surface area contributed by atoms with Crippen LogP contribution in [0.2, 0.25) is 0 Å². The molecular weight excluding hydrogens is 248 g/mol. The zero-order valence-electron chi connectivity index (χ0n) is 9.94. The number of ether oxygens (including phenoxy) is 1. The number of fused-ring (bicyclic) bond motifs is 3. The number of nitrogens with zero attached hydrogens (tertiary/aromatic N) is 1. The number of hydrogen-bond donors (Lipinski definition) is 1. The van der Waals surface area contributed by atoms with E-state index >= 15 is 0 Å². The molecule has 3 heterocycles. The summed E-state index contributed by atoms with van der Waals surface area (Å²) in [5.41, 5.74) is 2.30. The smallest absolute Gasteiger partial charge is 0.113 e. The first-order chi connectivity index (χ1) is 8.92. The van der Waals surface area contributed by atoms with E-state index in [0.717, 1.165) is 49.1 Å². The van der Waals surface area contributed by atoms with Crippen molar-refractivity contribution < 1.29 is 9.15 Å². The molecule has 0 radical (unpaired) electrons. The Kier molecular flexibility index (Phi) is 2.50. The van der Waals surface area contributed by atoms with Gasteiger partial charge in [0, 0.05) is 23.4 Å². The van der Waals surface area contributed by atoms with Gasteiger partial charge in [-0.05, 0) is 12.5 Å².